The van der Waals surface area contributed by atoms with Crippen LogP contribution >= 0.6 is 15.9 Å². The smallest absolute Gasteiger partial charge is 0.244 e. The van der Waals surface area contributed by atoms with Crippen LogP contribution in [0.4, 0.5) is 0 Å². The number of benzene rings is 2. The number of halogens is 1. The molecule has 2 aromatic rings. The molecule has 4 nitrogen and oxygen atoms in total. The van der Waals surface area contributed by atoms with Gasteiger partial charge in [0.15, 0.2) is 0 Å². The first-order valence-electron chi connectivity index (χ1n) is 7.16. The van der Waals surface area contributed by atoms with Gasteiger partial charge in [0.2, 0.25) is 5.91 Å². The minimum Gasteiger partial charge on any atom is -0.496 e. The van der Waals surface area contributed by atoms with Gasteiger partial charge in [-0.3, -0.25) is 4.79 Å². The molecule has 1 amide bonds. The van der Waals surface area contributed by atoms with Crippen molar-refractivity contribution in [3.8, 4) is 11.5 Å². The number of ether oxygens (including phenoxy) is 2. The van der Waals surface area contributed by atoms with Crippen molar-refractivity contribution in [2.75, 3.05) is 20.3 Å². The topological polar surface area (TPSA) is 47.6 Å². The van der Waals surface area contributed by atoms with E-state index in [4.69, 9.17) is 9.47 Å². The second-order valence-corrected chi connectivity index (χ2v) is 5.59. The third-order valence-corrected chi connectivity index (χ3v) is 3.51. The van der Waals surface area contributed by atoms with E-state index in [1.54, 1.807) is 13.2 Å². The van der Waals surface area contributed by atoms with Gasteiger partial charge in [0.1, 0.15) is 18.1 Å². The van der Waals surface area contributed by atoms with Crippen molar-refractivity contribution in [2.45, 2.75) is 0 Å². The van der Waals surface area contributed by atoms with Gasteiger partial charge in [0.25, 0.3) is 0 Å². The van der Waals surface area contributed by atoms with Gasteiger partial charge in [0.05, 0.1) is 13.7 Å². The predicted molar refractivity (Wildman–Crippen MR) is 94.7 cm³/mol. The number of nitrogens with one attached hydrogen (secondary N) is 1. The molecule has 2 aromatic carbocycles. The number of rotatable bonds is 7. The summed E-state index contributed by atoms with van der Waals surface area (Å²) in [6.07, 6.45) is 3.20. The van der Waals surface area contributed by atoms with Crippen LogP contribution in [0.5, 0.6) is 11.5 Å². The Balaban J connectivity index is 1.79. The van der Waals surface area contributed by atoms with Crippen LogP contribution in [-0.2, 0) is 4.79 Å². The average molecular weight is 376 g/mol. The third kappa shape index (κ3) is 5.79. The number of carbonyl (C=O) groups is 1. The molecular formula is C18H18BrNO3. The number of hydrogen-bond acceptors (Lipinski definition) is 3. The van der Waals surface area contributed by atoms with Crippen molar-refractivity contribution >= 4 is 27.9 Å². The fraction of sp³-hybridized carbons (Fsp3) is 0.167. The van der Waals surface area contributed by atoms with Crippen molar-refractivity contribution in [1.29, 1.82) is 0 Å². The van der Waals surface area contributed by atoms with E-state index in [9.17, 15) is 4.79 Å². The molecule has 0 spiro atoms. The molecule has 23 heavy (non-hydrogen) atoms. The molecule has 120 valence electrons. The van der Waals surface area contributed by atoms with Crippen molar-refractivity contribution < 1.29 is 14.3 Å². The molecule has 0 heterocycles. The summed E-state index contributed by atoms with van der Waals surface area (Å²) in [5.41, 5.74) is 0.831. The summed E-state index contributed by atoms with van der Waals surface area (Å²) in [5.74, 6) is 1.32. The summed E-state index contributed by atoms with van der Waals surface area (Å²) in [6, 6.07) is 15.1. The molecule has 0 aliphatic heterocycles. The highest BCUT2D eigenvalue weighted by Crippen LogP contribution is 2.23. The average Bonchev–Trinajstić information content (AvgIpc) is 2.58. The van der Waals surface area contributed by atoms with Gasteiger partial charge in [-0.2, -0.15) is 0 Å². The summed E-state index contributed by atoms with van der Waals surface area (Å²) in [7, 11) is 1.60. The van der Waals surface area contributed by atoms with E-state index in [0.717, 1.165) is 15.8 Å². The summed E-state index contributed by atoms with van der Waals surface area (Å²) in [6.45, 7) is 0.859. The minimum atomic E-state index is -0.177. The lowest BCUT2D eigenvalue weighted by Gasteiger charge is -2.06. The van der Waals surface area contributed by atoms with E-state index in [2.05, 4.69) is 21.2 Å². The number of hydrogen-bond donors (Lipinski definition) is 1. The van der Waals surface area contributed by atoms with Crippen LogP contribution in [0.25, 0.3) is 6.08 Å². The van der Waals surface area contributed by atoms with E-state index in [1.165, 1.54) is 6.08 Å². The van der Waals surface area contributed by atoms with Gasteiger partial charge in [-0.1, -0.05) is 34.1 Å². The summed E-state index contributed by atoms with van der Waals surface area (Å²) < 4.78 is 11.7. The molecule has 0 saturated carbocycles. The number of carbonyl (C=O) groups excluding carboxylic acids is 1. The molecule has 0 unspecified atom stereocenters. The fourth-order valence-corrected chi connectivity index (χ4v) is 2.30. The molecule has 2 rings (SSSR count). The van der Waals surface area contributed by atoms with Gasteiger partial charge in [0, 0.05) is 16.1 Å². The van der Waals surface area contributed by atoms with Gasteiger partial charge in [-0.15, -0.1) is 0 Å². The molecule has 0 aliphatic carbocycles. The Bertz CT molecular complexity index is 671. The summed E-state index contributed by atoms with van der Waals surface area (Å²) in [4.78, 5) is 11.8. The molecule has 0 bridgehead atoms. The SMILES string of the molecule is COc1ccc(Br)cc1/C=C/C(=O)NCCOc1ccccc1. The number of methoxy groups -OCH3 is 1. The largest absolute Gasteiger partial charge is 0.496 e. The quantitative estimate of drug-likeness (QED) is 0.593. The van der Waals surface area contributed by atoms with Gasteiger partial charge >= 0.3 is 0 Å². The molecule has 5 heteroatoms. The monoisotopic (exact) mass is 375 g/mol. The zero-order chi connectivity index (χ0) is 16.5. The Labute approximate surface area is 144 Å². The van der Waals surface area contributed by atoms with Crippen LogP contribution < -0.4 is 14.8 Å². The third-order valence-electron chi connectivity index (χ3n) is 3.02. The Morgan fingerprint density at radius 1 is 1.22 bits per heavy atom. The van der Waals surface area contributed by atoms with E-state index in [1.807, 2.05) is 48.5 Å². The normalized spacial score (nSPS) is 10.5. The lowest BCUT2D eigenvalue weighted by Crippen LogP contribution is -2.26. The zero-order valence-electron chi connectivity index (χ0n) is 12.8. The first-order valence-corrected chi connectivity index (χ1v) is 7.95. The van der Waals surface area contributed by atoms with Crippen molar-refractivity contribution in [3.63, 3.8) is 0 Å². The Morgan fingerprint density at radius 3 is 2.74 bits per heavy atom. The predicted octanol–water partition coefficient (Wildman–Crippen LogP) is 3.67. The van der Waals surface area contributed by atoms with Crippen molar-refractivity contribution in [1.82, 2.24) is 5.32 Å². The molecule has 1 N–H and O–H groups in total. The van der Waals surface area contributed by atoms with Crippen LogP contribution in [0, 0.1) is 0 Å². The van der Waals surface area contributed by atoms with Gasteiger partial charge < -0.3 is 14.8 Å². The van der Waals surface area contributed by atoms with Crippen LogP contribution in [-0.4, -0.2) is 26.2 Å². The molecule has 0 fully saturated rings. The molecule has 0 aromatic heterocycles. The number of para-hydroxylation sites is 1. The van der Waals surface area contributed by atoms with E-state index in [-0.39, 0.29) is 5.91 Å². The highest BCUT2D eigenvalue weighted by molar-refractivity contribution is 9.10. The highest BCUT2D eigenvalue weighted by Gasteiger charge is 2.01. The Morgan fingerprint density at radius 2 is 2.00 bits per heavy atom. The van der Waals surface area contributed by atoms with Crippen LogP contribution in [0.3, 0.4) is 0 Å². The minimum absolute atomic E-state index is 0.177. The Hall–Kier alpha value is -2.27. The lowest BCUT2D eigenvalue weighted by atomic mass is 10.2. The van der Waals surface area contributed by atoms with Gasteiger partial charge in [-0.05, 0) is 36.4 Å². The molecular weight excluding hydrogens is 358 g/mol. The Kier molecular flexibility index (Phi) is 6.69. The second-order valence-electron chi connectivity index (χ2n) is 4.67. The molecule has 0 atom stereocenters. The fourth-order valence-electron chi connectivity index (χ4n) is 1.92. The maximum atomic E-state index is 11.8. The second kappa shape index (κ2) is 9.00. The number of amides is 1. The van der Waals surface area contributed by atoms with E-state index >= 15 is 0 Å². The van der Waals surface area contributed by atoms with E-state index in [0.29, 0.717) is 18.9 Å². The molecule has 0 radical (unpaired) electrons. The first-order chi connectivity index (χ1) is 11.2. The van der Waals surface area contributed by atoms with E-state index < -0.39 is 0 Å². The summed E-state index contributed by atoms with van der Waals surface area (Å²) in [5, 5.41) is 2.77. The van der Waals surface area contributed by atoms with Crippen LogP contribution in [0.15, 0.2) is 59.1 Å². The summed E-state index contributed by atoms with van der Waals surface area (Å²) >= 11 is 3.40. The maximum Gasteiger partial charge on any atom is 0.244 e. The maximum absolute atomic E-state index is 11.8. The van der Waals surface area contributed by atoms with Crippen molar-refractivity contribution in [3.05, 3.63) is 64.6 Å². The zero-order valence-corrected chi connectivity index (χ0v) is 14.4. The molecule has 0 aliphatic rings. The first kappa shape index (κ1) is 17.1. The lowest BCUT2D eigenvalue weighted by molar-refractivity contribution is -0.116. The standard InChI is InChI=1S/C18H18BrNO3/c1-22-17-9-8-15(19)13-14(17)7-10-18(21)20-11-12-23-16-5-3-2-4-6-16/h2-10,13H,11-12H2,1H3,(H,20,21)/b10-7+. The highest BCUT2D eigenvalue weighted by atomic mass is 79.9. The molecule has 0 saturated heterocycles. The van der Waals surface area contributed by atoms with Crippen LogP contribution in [0.1, 0.15) is 5.56 Å². The van der Waals surface area contributed by atoms with Crippen molar-refractivity contribution in [2.24, 2.45) is 0 Å². The van der Waals surface area contributed by atoms with Gasteiger partial charge in [-0.25, -0.2) is 0 Å². The van der Waals surface area contributed by atoms with Crippen LogP contribution in [0.2, 0.25) is 0 Å².